The molecule has 6 aromatic rings. The quantitative estimate of drug-likeness (QED) is 0.169. The standard InChI is InChI=1S/C52H43N/c1-4-47-51(46-31-38-19-11-12-23-42(38)35(46)3)45-24-13-14-25-48(45)52(47)49-32-37(36-17-7-5-8-18-36)26-28-43(49)44-29-27-41(33-50(44)52)53(39-20-9-6-10-21-39)40-22-15-16-34(2)30-40/h5,7-9,11-30,32-33H,4,6,10,31H2,1-3H3. The molecule has 1 atom stereocenters. The zero-order chi connectivity index (χ0) is 35.7. The lowest BCUT2D eigenvalue weighted by atomic mass is 9.68. The Balaban J connectivity index is 1.29. The summed E-state index contributed by atoms with van der Waals surface area (Å²) in [6, 6.07) is 52.8. The molecule has 0 radical (unpaired) electrons. The fourth-order valence-corrected chi connectivity index (χ4v) is 9.99. The van der Waals surface area contributed by atoms with E-state index in [0.717, 1.165) is 25.7 Å². The Morgan fingerprint density at radius 1 is 0.585 bits per heavy atom. The molecule has 0 aromatic heterocycles. The molecule has 0 N–H and O–H groups in total. The summed E-state index contributed by atoms with van der Waals surface area (Å²) < 4.78 is 0. The third kappa shape index (κ3) is 4.70. The molecule has 0 saturated heterocycles. The second kappa shape index (κ2) is 12.3. The van der Waals surface area contributed by atoms with Crippen LogP contribution in [0.5, 0.6) is 0 Å². The Hall–Kier alpha value is -5.92. The van der Waals surface area contributed by atoms with E-state index in [9.17, 15) is 0 Å². The molecule has 1 heteroatoms. The molecule has 10 rings (SSSR count). The van der Waals surface area contributed by atoms with Crippen molar-refractivity contribution in [3.05, 3.63) is 214 Å². The second-order valence-corrected chi connectivity index (χ2v) is 15.1. The predicted octanol–water partition coefficient (Wildman–Crippen LogP) is 13.6. The topological polar surface area (TPSA) is 3.24 Å². The van der Waals surface area contributed by atoms with Crippen LogP contribution in [0.25, 0.3) is 33.4 Å². The van der Waals surface area contributed by atoms with Crippen LogP contribution in [0, 0.1) is 6.92 Å². The van der Waals surface area contributed by atoms with E-state index in [1.54, 1.807) is 0 Å². The second-order valence-electron chi connectivity index (χ2n) is 15.1. The highest BCUT2D eigenvalue weighted by molar-refractivity contribution is 6.03. The lowest BCUT2D eigenvalue weighted by Crippen LogP contribution is -2.28. The monoisotopic (exact) mass is 681 g/mol. The summed E-state index contributed by atoms with van der Waals surface area (Å²) in [5.41, 5.74) is 23.9. The van der Waals surface area contributed by atoms with Gasteiger partial charge in [-0.1, -0.05) is 128 Å². The lowest BCUT2D eigenvalue weighted by molar-refractivity contribution is 0.732. The Morgan fingerprint density at radius 2 is 1.32 bits per heavy atom. The van der Waals surface area contributed by atoms with Gasteiger partial charge in [0, 0.05) is 17.1 Å². The molecule has 1 spiro atoms. The molecule has 0 heterocycles. The van der Waals surface area contributed by atoms with Gasteiger partial charge in [-0.05, 0) is 159 Å². The minimum atomic E-state index is -0.427. The summed E-state index contributed by atoms with van der Waals surface area (Å²) in [6.45, 7) is 6.93. The molecule has 0 saturated carbocycles. The molecular formula is C52H43N. The lowest BCUT2D eigenvalue weighted by Gasteiger charge is -2.34. The van der Waals surface area contributed by atoms with Crippen LogP contribution in [-0.2, 0) is 11.8 Å². The number of anilines is 2. The highest BCUT2D eigenvalue weighted by Gasteiger charge is 2.53. The van der Waals surface area contributed by atoms with Crippen LogP contribution in [0.3, 0.4) is 0 Å². The van der Waals surface area contributed by atoms with Crippen LogP contribution in [0.2, 0.25) is 0 Å². The zero-order valence-corrected chi connectivity index (χ0v) is 30.8. The SMILES string of the molecule is CCC1=C(C2=C(C)c3ccccc3C2)c2ccccc2C12c1cc(-c3ccccc3)ccc1-c1ccc(N(C3=CCCC=C3)c3cccc(C)c3)cc12. The first-order valence-corrected chi connectivity index (χ1v) is 19.3. The number of aryl methyl sites for hydroxylation is 1. The van der Waals surface area contributed by atoms with Crippen LogP contribution in [0.15, 0.2) is 175 Å². The van der Waals surface area contributed by atoms with E-state index in [1.165, 1.54) is 101 Å². The van der Waals surface area contributed by atoms with Gasteiger partial charge in [0.25, 0.3) is 0 Å². The largest absolute Gasteiger partial charge is 0.311 e. The van der Waals surface area contributed by atoms with Crippen molar-refractivity contribution in [3.63, 3.8) is 0 Å². The number of allylic oxidation sites excluding steroid dienone is 7. The Labute approximate surface area is 314 Å². The van der Waals surface area contributed by atoms with Crippen LogP contribution in [-0.4, -0.2) is 0 Å². The van der Waals surface area contributed by atoms with E-state index in [4.69, 9.17) is 0 Å². The normalized spacial score (nSPS) is 17.9. The fraction of sp³-hybridized carbons (Fsp3) is 0.154. The third-order valence-corrected chi connectivity index (χ3v) is 12.2. The smallest absolute Gasteiger partial charge is 0.0689 e. The Bertz CT molecular complexity index is 2590. The minimum absolute atomic E-state index is 0.427. The number of nitrogens with zero attached hydrogens (tertiary/aromatic N) is 1. The highest BCUT2D eigenvalue weighted by Crippen LogP contribution is 2.65. The maximum absolute atomic E-state index is 2.54. The molecule has 0 fully saturated rings. The number of fused-ring (bicyclic) bond motifs is 8. The van der Waals surface area contributed by atoms with Crippen molar-refractivity contribution in [2.45, 2.75) is 51.9 Å². The highest BCUT2D eigenvalue weighted by atomic mass is 15.1. The van der Waals surface area contributed by atoms with Crippen molar-refractivity contribution in [3.8, 4) is 22.3 Å². The van der Waals surface area contributed by atoms with Gasteiger partial charge < -0.3 is 4.90 Å². The maximum Gasteiger partial charge on any atom is 0.0689 e. The van der Waals surface area contributed by atoms with Gasteiger partial charge in [0.2, 0.25) is 0 Å². The molecule has 1 unspecified atom stereocenters. The summed E-state index contributed by atoms with van der Waals surface area (Å²) in [6.07, 6.45) is 11.1. The molecule has 0 amide bonds. The van der Waals surface area contributed by atoms with Gasteiger partial charge in [-0.15, -0.1) is 0 Å². The molecule has 0 bridgehead atoms. The number of benzene rings is 6. The molecule has 53 heavy (non-hydrogen) atoms. The number of hydrogen-bond donors (Lipinski definition) is 0. The molecule has 4 aliphatic rings. The van der Waals surface area contributed by atoms with Crippen molar-refractivity contribution < 1.29 is 0 Å². The third-order valence-electron chi connectivity index (χ3n) is 12.2. The van der Waals surface area contributed by atoms with Gasteiger partial charge >= 0.3 is 0 Å². The van der Waals surface area contributed by atoms with Crippen molar-refractivity contribution in [1.82, 2.24) is 0 Å². The van der Waals surface area contributed by atoms with E-state index in [0.29, 0.717) is 0 Å². The van der Waals surface area contributed by atoms with E-state index in [2.05, 4.69) is 183 Å². The van der Waals surface area contributed by atoms with Gasteiger partial charge in [-0.25, -0.2) is 0 Å². The molecule has 1 nitrogen and oxygen atoms in total. The first-order chi connectivity index (χ1) is 26.1. The van der Waals surface area contributed by atoms with Gasteiger partial charge in [0.1, 0.15) is 0 Å². The maximum atomic E-state index is 2.54. The van der Waals surface area contributed by atoms with Gasteiger partial charge in [0.05, 0.1) is 5.41 Å². The van der Waals surface area contributed by atoms with Gasteiger partial charge in [-0.3, -0.25) is 0 Å². The minimum Gasteiger partial charge on any atom is -0.311 e. The predicted molar refractivity (Wildman–Crippen MR) is 223 cm³/mol. The van der Waals surface area contributed by atoms with E-state index in [-0.39, 0.29) is 0 Å². The Kier molecular flexibility index (Phi) is 7.41. The van der Waals surface area contributed by atoms with E-state index >= 15 is 0 Å². The average Bonchev–Trinajstić information content (AvgIpc) is 3.80. The first kappa shape index (κ1) is 31.8. The number of rotatable bonds is 6. The van der Waals surface area contributed by atoms with Crippen molar-refractivity contribution in [2.75, 3.05) is 4.90 Å². The molecule has 4 aliphatic carbocycles. The zero-order valence-electron chi connectivity index (χ0n) is 30.8. The van der Waals surface area contributed by atoms with Crippen molar-refractivity contribution in [1.29, 1.82) is 0 Å². The fourth-order valence-electron chi connectivity index (χ4n) is 9.99. The average molecular weight is 682 g/mol. The van der Waals surface area contributed by atoms with Crippen LogP contribution in [0.1, 0.15) is 72.1 Å². The summed E-state index contributed by atoms with van der Waals surface area (Å²) in [7, 11) is 0. The summed E-state index contributed by atoms with van der Waals surface area (Å²) in [5.74, 6) is 0. The van der Waals surface area contributed by atoms with Gasteiger partial charge in [0.15, 0.2) is 0 Å². The van der Waals surface area contributed by atoms with Crippen LogP contribution >= 0.6 is 0 Å². The number of hydrogen-bond acceptors (Lipinski definition) is 1. The molecule has 0 aliphatic heterocycles. The molecule has 6 aromatic carbocycles. The summed E-state index contributed by atoms with van der Waals surface area (Å²) in [4.78, 5) is 2.48. The van der Waals surface area contributed by atoms with Crippen molar-refractivity contribution in [2.24, 2.45) is 0 Å². The molecule has 256 valence electrons. The van der Waals surface area contributed by atoms with E-state index < -0.39 is 5.41 Å². The van der Waals surface area contributed by atoms with Crippen molar-refractivity contribution >= 4 is 22.5 Å². The van der Waals surface area contributed by atoms with E-state index in [1.807, 2.05) is 0 Å². The summed E-state index contributed by atoms with van der Waals surface area (Å²) >= 11 is 0. The first-order valence-electron chi connectivity index (χ1n) is 19.3. The summed E-state index contributed by atoms with van der Waals surface area (Å²) in [5, 5.41) is 0. The van der Waals surface area contributed by atoms with Crippen LogP contribution in [0.4, 0.5) is 11.4 Å². The molecular weight excluding hydrogens is 639 g/mol. The van der Waals surface area contributed by atoms with Gasteiger partial charge in [-0.2, -0.15) is 0 Å². The van der Waals surface area contributed by atoms with Crippen LogP contribution < -0.4 is 4.90 Å². The Morgan fingerprint density at radius 3 is 2.09 bits per heavy atom.